The van der Waals surface area contributed by atoms with E-state index < -0.39 is 6.10 Å². The Balaban J connectivity index is 3.53. The Hall–Kier alpha value is -2.14. The number of unbranched alkanes of at least 4 members (excludes halogenated alkanes) is 22. The van der Waals surface area contributed by atoms with Crippen molar-refractivity contribution < 1.29 is 24.2 Å². The maximum Gasteiger partial charge on any atom is 0.306 e. The molecule has 5 heteroatoms. The maximum absolute atomic E-state index is 12.2. The van der Waals surface area contributed by atoms with Crippen LogP contribution < -0.4 is 0 Å². The van der Waals surface area contributed by atoms with Crippen molar-refractivity contribution in [3.63, 3.8) is 0 Å². The summed E-state index contributed by atoms with van der Waals surface area (Å²) < 4.78 is 10.6. The highest BCUT2D eigenvalue weighted by atomic mass is 16.6. The first kappa shape index (κ1) is 47.9. The van der Waals surface area contributed by atoms with Gasteiger partial charge in [0.15, 0.2) is 6.10 Å². The lowest BCUT2D eigenvalue weighted by molar-refractivity contribution is -0.161. The van der Waals surface area contributed by atoms with Gasteiger partial charge in [-0.3, -0.25) is 9.59 Å². The van der Waals surface area contributed by atoms with E-state index in [1.807, 2.05) is 0 Å². The van der Waals surface area contributed by atoms with Gasteiger partial charge in [-0.1, -0.05) is 172 Å². The molecule has 0 saturated heterocycles. The molecular formula is C45H80O5. The van der Waals surface area contributed by atoms with Gasteiger partial charge in [0.2, 0.25) is 0 Å². The average Bonchev–Trinajstić information content (AvgIpc) is 3.12. The fourth-order valence-electron chi connectivity index (χ4n) is 5.84. The van der Waals surface area contributed by atoms with Gasteiger partial charge in [-0.05, 0) is 70.6 Å². The first-order valence-electron chi connectivity index (χ1n) is 21.2. The minimum Gasteiger partial charge on any atom is -0.462 e. The Morgan fingerprint density at radius 3 is 1.28 bits per heavy atom. The summed E-state index contributed by atoms with van der Waals surface area (Å²) in [7, 11) is 0. The first-order valence-corrected chi connectivity index (χ1v) is 21.2. The molecule has 0 radical (unpaired) electrons. The zero-order valence-electron chi connectivity index (χ0n) is 32.9. The van der Waals surface area contributed by atoms with Crippen molar-refractivity contribution in [2.24, 2.45) is 0 Å². The lowest BCUT2D eigenvalue weighted by Gasteiger charge is -2.15. The third-order valence-corrected chi connectivity index (χ3v) is 9.10. The topological polar surface area (TPSA) is 72.8 Å². The Labute approximate surface area is 309 Å². The van der Waals surface area contributed by atoms with Crippen molar-refractivity contribution in [1.82, 2.24) is 0 Å². The highest BCUT2D eigenvalue weighted by Crippen LogP contribution is 2.14. The maximum atomic E-state index is 12.2. The molecule has 1 atom stereocenters. The summed E-state index contributed by atoms with van der Waals surface area (Å²) in [6.07, 6.45) is 51.8. The molecule has 0 saturated carbocycles. The van der Waals surface area contributed by atoms with E-state index >= 15 is 0 Å². The predicted octanol–water partition coefficient (Wildman–Crippen LogP) is 13.4. The van der Waals surface area contributed by atoms with Crippen LogP contribution in [0.2, 0.25) is 0 Å². The van der Waals surface area contributed by atoms with Crippen LogP contribution in [0, 0.1) is 0 Å². The molecule has 50 heavy (non-hydrogen) atoms. The van der Waals surface area contributed by atoms with Crippen LogP contribution in [0.15, 0.2) is 48.6 Å². The number of aliphatic hydroxyl groups excluding tert-OH is 1. The van der Waals surface area contributed by atoms with Crippen LogP contribution in [0.4, 0.5) is 0 Å². The van der Waals surface area contributed by atoms with E-state index in [1.165, 1.54) is 122 Å². The zero-order valence-corrected chi connectivity index (χ0v) is 32.9. The Morgan fingerprint density at radius 2 is 0.820 bits per heavy atom. The molecule has 0 fully saturated rings. The van der Waals surface area contributed by atoms with Crippen LogP contribution in [0.25, 0.3) is 0 Å². The molecule has 0 rings (SSSR count). The number of hydrogen-bond donors (Lipinski definition) is 1. The molecule has 290 valence electrons. The third-order valence-electron chi connectivity index (χ3n) is 9.10. The third kappa shape index (κ3) is 38.7. The van der Waals surface area contributed by atoms with Gasteiger partial charge >= 0.3 is 11.9 Å². The highest BCUT2D eigenvalue weighted by Gasteiger charge is 2.16. The first-order chi connectivity index (χ1) is 24.6. The SMILES string of the molecule is CCCC/C=C\CCCCCCCC(=O)OCC(CO)OC(=O)CCCCCCCCCCCC/C=C\C/C=C\C/C=C\CCCCCCC. The van der Waals surface area contributed by atoms with Gasteiger partial charge in [0.05, 0.1) is 6.61 Å². The van der Waals surface area contributed by atoms with E-state index in [1.54, 1.807) is 0 Å². The fraction of sp³-hybridized carbons (Fsp3) is 0.778. The van der Waals surface area contributed by atoms with Gasteiger partial charge in [0.25, 0.3) is 0 Å². The fourth-order valence-corrected chi connectivity index (χ4v) is 5.84. The van der Waals surface area contributed by atoms with Gasteiger partial charge in [0, 0.05) is 12.8 Å². The smallest absolute Gasteiger partial charge is 0.306 e. The van der Waals surface area contributed by atoms with Crippen LogP contribution >= 0.6 is 0 Å². The normalized spacial score (nSPS) is 12.6. The largest absolute Gasteiger partial charge is 0.462 e. The van der Waals surface area contributed by atoms with Gasteiger partial charge in [-0.2, -0.15) is 0 Å². The molecule has 0 aromatic rings. The molecule has 1 N–H and O–H groups in total. The second-order valence-electron chi connectivity index (χ2n) is 14.1. The second kappa shape index (κ2) is 41.3. The molecule has 0 aromatic carbocycles. The summed E-state index contributed by atoms with van der Waals surface area (Å²) >= 11 is 0. The molecule has 0 aromatic heterocycles. The summed E-state index contributed by atoms with van der Waals surface area (Å²) in [5, 5.41) is 9.55. The molecule has 0 heterocycles. The van der Waals surface area contributed by atoms with Crippen LogP contribution in [-0.2, 0) is 19.1 Å². The van der Waals surface area contributed by atoms with Crippen LogP contribution in [-0.4, -0.2) is 36.4 Å². The van der Waals surface area contributed by atoms with E-state index in [4.69, 9.17) is 9.47 Å². The molecular weight excluding hydrogens is 620 g/mol. The minimum absolute atomic E-state index is 0.0720. The number of carbonyl (C=O) groups is 2. The average molecular weight is 701 g/mol. The second-order valence-corrected chi connectivity index (χ2v) is 14.1. The minimum atomic E-state index is -0.776. The molecule has 0 aliphatic carbocycles. The van der Waals surface area contributed by atoms with Gasteiger partial charge in [-0.25, -0.2) is 0 Å². The highest BCUT2D eigenvalue weighted by molar-refractivity contribution is 5.70. The van der Waals surface area contributed by atoms with Crippen molar-refractivity contribution in [1.29, 1.82) is 0 Å². The summed E-state index contributed by atoms with van der Waals surface area (Å²) in [4.78, 5) is 24.2. The van der Waals surface area contributed by atoms with Gasteiger partial charge in [-0.15, -0.1) is 0 Å². The number of hydrogen-bond acceptors (Lipinski definition) is 5. The summed E-state index contributed by atoms with van der Waals surface area (Å²) in [5.74, 6) is -0.606. The monoisotopic (exact) mass is 701 g/mol. The van der Waals surface area contributed by atoms with Crippen molar-refractivity contribution in [3.8, 4) is 0 Å². The number of ether oxygens (including phenoxy) is 2. The summed E-state index contributed by atoms with van der Waals surface area (Å²) in [5.41, 5.74) is 0. The molecule has 0 aliphatic rings. The summed E-state index contributed by atoms with van der Waals surface area (Å²) in [6, 6.07) is 0. The number of rotatable bonds is 38. The molecule has 0 aliphatic heterocycles. The van der Waals surface area contributed by atoms with Crippen molar-refractivity contribution in [2.45, 2.75) is 213 Å². The Kier molecular flexibility index (Phi) is 39.5. The quantitative estimate of drug-likeness (QED) is 0.0394. The van der Waals surface area contributed by atoms with E-state index in [0.717, 1.165) is 57.8 Å². The number of carbonyl (C=O) groups excluding carboxylic acids is 2. The number of esters is 2. The number of allylic oxidation sites excluding steroid dienone is 8. The van der Waals surface area contributed by atoms with E-state index in [2.05, 4.69) is 62.5 Å². The van der Waals surface area contributed by atoms with E-state index in [-0.39, 0.29) is 25.2 Å². The lowest BCUT2D eigenvalue weighted by atomic mass is 10.0. The van der Waals surface area contributed by atoms with Crippen molar-refractivity contribution in [3.05, 3.63) is 48.6 Å². The lowest BCUT2D eigenvalue weighted by Crippen LogP contribution is -2.28. The Bertz CT molecular complexity index is 842. The van der Waals surface area contributed by atoms with Crippen LogP contribution in [0.5, 0.6) is 0 Å². The standard InChI is InChI=1S/C45H80O5/c1-3-5-7-9-11-13-15-16-17-18-19-20-21-22-23-24-25-26-27-28-30-32-34-36-38-40-45(48)50-43(41-46)42-49-44(47)39-37-35-33-31-29-14-12-10-8-6-4-2/h10,12,15-16,18-19,21-22,43,46H,3-9,11,13-14,17,20,23-42H2,1-2H3/b12-10-,16-15-,19-18-,22-21-. The number of aliphatic hydroxyl groups is 1. The van der Waals surface area contributed by atoms with Gasteiger partial charge in [0.1, 0.15) is 6.61 Å². The predicted molar refractivity (Wildman–Crippen MR) is 214 cm³/mol. The Morgan fingerprint density at radius 1 is 0.460 bits per heavy atom. The zero-order chi connectivity index (χ0) is 36.4. The van der Waals surface area contributed by atoms with Crippen molar-refractivity contribution in [2.75, 3.05) is 13.2 Å². The van der Waals surface area contributed by atoms with Crippen molar-refractivity contribution >= 4 is 11.9 Å². The van der Waals surface area contributed by atoms with Gasteiger partial charge < -0.3 is 14.6 Å². The molecule has 1 unspecified atom stereocenters. The molecule has 5 nitrogen and oxygen atoms in total. The van der Waals surface area contributed by atoms with Crippen LogP contribution in [0.3, 0.4) is 0 Å². The summed E-state index contributed by atoms with van der Waals surface area (Å²) in [6.45, 7) is 4.07. The van der Waals surface area contributed by atoms with E-state index in [0.29, 0.717) is 12.8 Å². The molecule has 0 bridgehead atoms. The van der Waals surface area contributed by atoms with E-state index in [9.17, 15) is 14.7 Å². The molecule has 0 spiro atoms. The van der Waals surface area contributed by atoms with Crippen LogP contribution in [0.1, 0.15) is 206 Å². The molecule has 0 amide bonds.